The van der Waals surface area contributed by atoms with Gasteiger partial charge < -0.3 is 8.92 Å². The van der Waals surface area contributed by atoms with E-state index in [1.165, 1.54) is 17.6 Å². The Hall–Kier alpha value is -0.510. The first-order chi connectivity index (χ1) is 6.33. The highest BCUT2D eigenvalue weighted by Gasteiger charge is 1.93. The summed E-state index contributed by atoms with van der Waals surface area (Å²) in [7, 11) is 1.67. The normalized spacial score (nSPS) is 10.3. The van der Waals surface area contributed by atoms with Crippen molar-refractivity contribution < 1.29 is 8.92 Å². The zero-order valence-electron chi connectivity index (χ0n) is 7.95. The largest absolute Gasteiger partial charge is 0.382 e. The van der Waals surface area contributed by atoms with Crippen molar-refractivity contribution in [1.82, 2.24) is 0 Å². The molecule has 0 aliphatic rings. The Kier molecular flexibility index (Phi) is 4.90. The van der Waals surface area contributed by atoms with Crippen molar-refractivity contribution >= 4 is 12.0 Å². The van der Waals surface area contributed by atoms with E-state index in [0.717, 1.165) is 4.90 Å². The average Bonchev–Trinajstić information content (AvgIpc) is 2.15. The second-order valence-electron chi connectivity index (χ2n) is 2.71. The summed E-state index contributed by atoms with van der Waals surface area (Å²) < 4.78 is 10.2. The Balaban J connectivity index is 2.25. The van der Waals surface area contributed by atoms with E-state index in [4.69, 9.17) is 8.92 Å². The molecule has 1 rings (SSSR count). The Morgan fingerprint density at radius 2 is 1.85 bits per heavy atom. The molecule has 0 heterocycles. The highest BCUT2D eigenvalue weighted by Crippen LogP contribution is 2.18. The number of methoxy groups -OCH3 is 1. The van der Waals surface area contributed by atoms with Crippen LogP contribution in [0, 0.1) is 6.92 Å². The van der Waals surface area contributed by atoms with E-state index in [2.05, 4.69) is 19.1 Å². The number of aryl methyl sites for hydroxylation is 1. The Morgan fingerprint density at radius 3 is 2.46 bits per heavy atom. The van der Waals surface area contributed by atoms with Gasteiger partial charge in [-0.2, -0.15) is 0 Å². The number of hydrogen-bond donors (Lipinski definition) is 0. The summed E-state index contributed by atoms with van der Waals surface area (Å²) >= 11 is 1.39. The van der Waals surface area contributed by atoms with Crippen LogP contribution < -0.4 is 0 Å². The molecule has 0 saturated heterocycles. The van der Waals surface area contributed by atoms with Crippen molar-refractivity contribution in [1.29, 1.82) is 0 Å². The summed E-state index contributed by atoms with van der Waals surface area (Å²) in [4.78, 5) is 1.13. The van der Waals surface area contributed by atoms with E-state index in [1.54, 1.807) is 7.11 Å². The van der Waals surface area contributed by atoms with Gasteiger partial charge in [0.05, 0.1) is 13.2 Å². The summed E-state index contributed by atoms with van der Waals surface area (Å²) in [6.07, 6.45) is 0. The highest BCUT2D eigenvalue weighted by molar-refractivity contribution is 7.94. The third-order valence-corrected chi connectivity index (χ3v) is 2.30. The first-order valence-corrected chi connectivity index (χ1v) is 4.92. The van der Waals surface area contributed by atoms with Crippen molar-refractivity contribution in [3.63, 3.8) is 0 Å². The van der Waals surface area contributed by atoms with Gasteiger partial charge in [0.2, 0.25) is 0 Å². The van der Waals surface area contributed by atoms with Crippen LogP contribution >= 0.6 is 12.0 Å². The van der Waals surface area contributed by atoms with Crippen LogP contribution in [-0.4, -0.2) is 20.3 Å². The molecule has 0 amide bonds. The smallest absolute Gasteiger partial charge is 0.0852 e. The van der Waals surface area contributed by atoms with Crippen LogP contribution in [0.25, 0.3) is 0 Å². The molecule has 0 spiro atoms. The zero-order chi connectivity index (χ0) is 9.52. The van der Waals surface area contributed by atoms with Crippen molar-refractivity contribution in [3.05, 3.63) is 29.8 Å². The number of ether oxygens (including phenoxy) is 1. The van der Waals surface area contributed by atoms with E-state index >= 15 is 0 Å². The van der Waals surface area contributed by atoms with Crippen LogP contribution in [0.5, 0.6) is 0 Å². The third kappa shape index (κ3) is 4.31. The minimum atomic E-state index is 0.620. The fourth-order valence-corrected chi connectivity index (χ4v) is 1.36. The van der Waals surface area contributed by atoms with Gasteiger partial charge in [-0.15, -0.1) is 0 Å². The van der Waals surface area contributed by atoms with Gasteiger partial charge in [-0.1, -0.05) is 17.7 Å². The molecule has 2 nitrogen and oxygen atoms in total. The molecule has 0 fully saturated rings. The first kappa shape index (κ1) is 10.6. The molecule has 13 heavy (non-hydrogen) atoms. The zero-order valence-corrected chi connectivity index (χ0v) is 8.76. The predicted molar refractivity (Wildman–Crippen MR) is 54.9 cm³/mol. The van der Waals surface area contributed by atoms with Crippen molar-refractivity contribution in [2.45, 2.75) is 11.8 Å². The maximum atomic E-state index is 5.29. The molecule has 0 aliphatic heterocycles. The summed E-state index contributed by atoms with van der Waals surface area (Å²) in [6, 6.07) is 8.24. The minimum absolute atomic E-state index is 0.620. The van der Waals surface area contributed by atoms with Gasteiger partial charge >= 0.3 is 0 Å². The molecular formula is C10H14O2S. The number of hydrogen-bond acceptors (Lipinski definition) is 3. The van der Waals surface area contributed by atoms with Crippen molar-refractivity contribution in [2.24, 2.45) is 0 Å². The predicted octanol–water partition coefficient (Wildman–Crippen LogP) is 2.67. The molecule has 1 aromatic carbocycles. The lowest BCUT2D eigenvalue weighted by Gasteiger charge is -2.01. The highest BCUT2D eigenvalue weighted by atomic mass is 32.2. The second kappa shape index (κ2) is 6.02. The lowest BCUT2D eigenvalue weighted by atomic mass is 10.2. The molecule has 0 aliphatic carbocycles. The molecule has 0 aromatic heterocycles. The lowest BCUT2D eigenvalue weighted by molar-refractivity contribution is 0.157. The van der Waals surface area contributed by atoms with Gasteiger partial charge in [0.1, 0.15) is 0 Å². The van der Waals surface area contributed by atoms with Crippen LogP contribution in [0.2, 0.25) is 0 Å². The van der Waals surface area contributed by atoms with Crippen LogP contribution in [0.4, 0.5) is 0 Å². The van der Waals surface area contributed by atoms with Crippen LogP contribution in [0.1, 0.15) is 5.56 Å². The van der Waals surface area contributed by atoms with Gasteiger partial charge in [-0.25, -0.2) is 0 Å². The summed E-state index contributed by atoms with van der Waals surface area (Å²) in [5.74, 6) is 0. The Labute approximate surface area is 83.5 Å². The standard InChI is InChI=1S/C10H14O2S/c1-9-3-5-10(6-4-9)13-12-8-7-11-2/h3-6H,7-8H2,1-2H3. The topological polar surface area (TPSA) is 18.5 Å². The van der Waals surface area contributed by atoms with Crippen LogP contribution in [0.3, 0.4) is 0 Å². The van der Waals surface area contributed by atoms with Gasteiger partial charge in [-0.05, 0) is 19.1 Å². The maximum Gasteiger partial charge on any atom is 0.0852 e. The Morgan fingerprint density at radius 1 is 1.15 bits per heavy atom. The van der Waals surface area contributed by atoms with Crippen LogP contribution in [-0.2, 0) is 8.92 Å². The molecule has 72 valence electrons. The van der Waals surface area contributed by atoms with Gasteiger partial charge in [-0.3, -0.25) is 0 Å². The van der Waals surface area contributed by atoms with Gasteiger partial charge in [0.15, 0.2) is 0 Å². The summed E-state index contributed by atoms with van der Waals surface area (Å²) in [6.45, 7) is 3.33. The minimum Gasteiger partial charge on any atom is -0.382 e. The second-order valence-corrected chi connectivity index (χ2v) is 3.58. The van der Waals surface area contributed by atoms with E-state index in [-0.39, 0.29) is 0 Å². The van der Waals surface area contributed by atoms with E-state index in [9.17, 15) is 0 Å². The lowest BCUT2D eigenvalue weighted by Crippen LogP contribution is -1.95. The van der Waals surface area contributed by atoms with Crippen molar-refractivity contribution in [3.8, 4) is 0 Å². The number of rotatable bonds is 5. The quantitative estimate of drug-likeness (QED) is 0.535. The molecule has 0 atom stereocenters. The molecule has 1 aromatic rings. The third-order valence-electron chi connectivity index (χ3n) is 1.55. The van der Waals surface area contributed by atoms with Gasteiger partial charge in [0, 0.05) is 24.0 Å². The molecule has 3 heteroatoms. The molecule has 0 unspecified atom stereocenters. The summed E-state index contributed by atoms with van der Waals surface area (Å²) in [5.41, 5.74) is 1.27. The molecular weight excluding hydrogens is 184 g/mol. The molecule has 0 bridgehead atoms. The first-order valence-electron chi connectivity index (χ1n) is 4.18. The molecule has 0 N–H and O–H groups in total. The van der Waals surface area contributed by atoms with E-state index in [1.807, 2.05) is 12.1 Å². The maximum absolute atomic E-state index is 5.29. The van der Waals surface area contributed by atoms with E-state index in [0.29, 0.717) is 13.2 Å². The number of benzene rings is 1. The monoisotopic (exact) mass is 198 g/mol. The fraction of sp³-hybridized carbons (Fsp3) is 0.400. The van der Waals surface area contributed by atoms with Gasteiger partial charge in [0.25, 0.3) is 0 Å². The molecule has 0 saturated carbocycles. The van der Waals surface area contributed by atoms with E-state index < -0.39 is 0 Å². The fourth-order valence-electron chi connectivity index (χ4n) is 0.821. The SMILES string of the molecule is COCCOSc1ccc(C)cc1. The molecule has 0 radical (unpaired) electrons. The van der Waals surface area contributed by atoms with Crippen molar-refractivity contribution in [2.75, 3.05) is 20.3 Å². The summed E-state index contributed by atoms with van der Waals surface area (Å²) in [5, 5.41) is 0. The Bertz CT molecular complexity index is 233. The average molecular weight is 198 g/mol. The van der Waals surface area contributed by atoms with Crippen LogP contribution in [0.15, 0.2) is 29.2 Å².